The van der Waals surface area contributed by atoms with Crippen LogP contribution in [0, 0.1) is 5.92 Å². The Morgan fingerprint density at radius 3 is 2.28 bits per heavy atom. The summed E-state index contributed by atoms with van der Waals surface area (Å²) in [6.45, 7) is 1.02. The molecule has 1 aromatic rings. The first-order valence-electron chi connectivity index (χ1n) is 5.60. The Bertz CT molecular complexity index is 417. The van der Waals surface area contributed by atoms with E-state index in [0.717, 1.165) is 0 Å². The van der Waals surface area contributed by atoms with Gasteiger partial charge in [-0.3, -0.25) is 14.6 Å². The molecule has 0 aliphatic carbocycles. The number of hydrogen-bond acceptors (Lipinski definition) is 3. The number of carboxylic acid groups (broad SMARTS) is 1. The van der Waals surface area contributed by atoms with Crippen LogP contribution >= 0.6 is 12.4 Å². The van der Waals surface area contributed by atoms with Gasteiger partial charge in [-0.2, -0.15) is 0 Å². The maximum Gasteiger partial charge on any atom is 0.306 e. The van der Waals surface area contributed by atoms with Crippen LogP contribution in [0.1, 0.15) is 23.2 Å². The molecule has 2 heterocycles. The van der Waals surface area contributed by atoms with Crippen LogP contribution in [0.2, 0.25) is 0 Å². The number of carboxylic acids is 1. The second-order valence-corrected chi connectivity index (χ2v) is 4.14. The molecule has 0 aromatic carbocycles. The fourth-order valence-electron chi connectivity index (χ4n) is 2.01. The second kappa shape index (κ2) is 6.35. The molecule has 1 fully saturated rings. The summed E-state index contributed by atoms with van der Waals surface area (Å²) in [7, 11) is 0. The molecule has 1 aliphatic rings. The normalized spacial score (nSPS) is 15.9. The molecule has 0 unspecified atom stereocenters. The van der Waals surface area contributed by atoms with Gasteiger partial charge in [-0.05, 0) is 25.0 Å². The molecule has 0 spiro atoms. The van der Waals surface area contributed by atoms with Crippen molar-refractivity contribution in [1.82, 2.24) is 9.88 Å². The van der Waals surface area contributed by atoms with Gasteiger partial charge in [0.2, 0.25) is 0 Å². The molecule has 0 radical (unpaired) electrons. The first-order valence-corrected chi connectivity index (χ1v) is 5.60. The van der Waals surface area contributed by atoms with Crippen LogP contribution in [0.25, 0.3) is 0 Å². The maximum absolute atomic E-state index is 12.0. The third kappa shape index (κ3) is 3.20. The zero-order chi connectivity index (χ0) is 12.3. The first kappa shape index (κ1) is 14.4. The van der Waals surface area contributed by atoms with E-state index in [1.165, 1.54) is 0 Å². The molecule has 98 valence electrons. The van der Waals surface area contributed by atoms with E-state index >= 15 is 0 Å². The van der Waals surface area contributed by atoms with Crippen molar-refractivity contribution in [1.29, 1.82) is 0 Å². The molecule has 5 nitrogen and oxygen atoms in total. The number of rotatable bonds is 2. The number of halogens is 1. The number of carbonyl (C=O) groups is 2. The summed E-state index contributed by atoms with van der Waals surface area (Å²) in [6, 6.07) is 3.34. The Morgan fingerprint density at radius 2 is 1.78 bits per heavy atom. The Balaban J connectivity index is 0.00000162. The van der Waals surface area contributed by atoms with E-state index in [1.807, 2.05) is 0 Å². The Labute approximate surface area is 111 Å². The lowest BCUT2D eigenvalue weighted by Crippen LogP contribution is -2.40. The van der Waals surface area contributed by atoms with Crippen molar-refractivity contribution in [2.75, 3.05) is 13.1 Å². The summed E-state index contributed by atoms with van der Waals surface area (Å²) in [4.78, 5) is 28.4. The number of pyridine rings is 1. The fourth-order valence-corrected chi connectivity index (χ4v) is 2.01. The number of aromatic nitrogens is 1. The fraction of sp³-hybridized carbons (Fsp3) is 0.417. The van der Waals surface area contributed by atoms with E-state index in [2.05, 4.69) is 4.98 Å². The average Bonchev–Trinajstić information content (AvgIpc) is 2.39. The summed E-state index contributed by atoms with van der Waals surface area (Å²) in [5.41, 5.74) is 0.605. The third-order valence-electron chi connectivity index (χ3n) is 3.06. The summed E-state index contributed by atoms with van der Waals surface area (Å²) >= 11 is 0. The highest BCUT2D eigenvalue weighted by molar-refractivity contribution is 5.94. The molecule has 1 aliphatic heterocycles. The predicted molar refractivity (Wildman–Crippen MR) is 67.7 cm³/mol. The summed E-state index contributed by atoms with van der Waals surface area (Å²) in [6.07, 6.45) is 4.23. The van der Waals surface area contributed by atoms with Crippen LogP contribution in [0.15, 0.2) is 24.5 Å². The molecule has 0 atom stereocenters. The van der Waals surface area contributed by atoms with Crippen molar-refractivity contribution in [3.63, 3.8) is 0 Å². The van der Waals surface area contributed by atoms with E-state index in [0.29, 0.717) is 31.5 Å². The average molecular weight is 271 g/mol. The van der Waals surface area contributed by atoms with Gasteiger partial charge in [-0.15, -0.1) is 12.4 Å². The van der Waals surface area contributed by atoms with E-state index in [1.54, 1.807) is 29.4 Å². The van der Waals surface area contributed by atoms with E-state index < -0.39 is 5.97 Å². The smallest absolute Gasteiger partial charge is 0.306 e. The molecule has 0 saturated carbocycles. The highest BCUT2D eigenvalue weighted by atomic mass is 35.5. The number of aliphatic carboxylic acids is 1. The first-order chi connectivity index (χ1) is 8.18. The van der Waals surface area contributed by atoms with Crippen molar-refractivity contribution in [2.24, 2.45) is 5.92 Å². The molecular weight excluding hydrogens is 256 g/mol. The van der Waals surface area contributed by atoms with Gasteiger partial charge in [0.05, 0.1) is 5.92 Å². The lowest BCUT2D eigenvalue weighted by atomic mass is 9.97. The van der Waals surface area contributed by atoms with Crippen LogP contribution in [-0.2, 0) is 4.79 Å². The third-order valence-corrected chi connectivity index (χ3v) is 3.06. The van der Waals surface area contributed by atoms with Gasteiger partial charge in [0, 0.05) is 31.0 Å². The molecule has 1 amide bonds. The SMILES string of the molecule is Cl.O=C(O)C1CCN(C(=O)c2ccncc2)CC1. The molecule has 1 N–H and O–H groups in total. The highest BCUT2D eigenvalue weighted by Crippen LogP contribution is 2.18. The van der Waals surface area contributed by atoms with Gasteiger partial charge >= 0.3 is 5.97 Å². The zero-order valence-corrected chi connectivity index (χ0v) is 10.6. The molecule has 0 bridgehead atoms. The standard InChI is InChI=1S/C12H14N2O3.ClH/c15-11(9-1-5-13-6-2-9)14-7-3-10(4-8-14)12(16)17;/h1-2,5-6,10H,3-4,7-8H2,(H,16,17);1H. The van der Waals surface area contributed by atoms with Crippen LogP contribution < -0.4 is 0 Å². The number of carbonyl (C=O) groups excluding carboxylic acids is 1. The minimum atomic E-state index is -0.763. The largest absolute Gasteiger partial charge is 0.481 e. The van der Waals surface area contributed by atoms with Crippen molar-refractivity contribution in [3.05, 3.63) is 30.1 Å². The Hall–Kier alpha value is -1.62. The molecule has 18 heavy (non-hydrogen) atoms. The molecular formula is C12H15ClN2O3. The van der Waals surface area contributed by atoms with E-state index in [-0.39, 0.29) is 24.2 Å². The lowest BCUT2D eigenvalue weighted by molar-refractivity contribution is -0.143. The summed E-state index contributed by atoms with van der Waals surface area (Å²) < 4.78 is 0. The van der Waals surface area contributed by atoms with E-state index in [4.69, 9.17) is 5.11 Å². The number of likely N-dealkylation sites (tertiary alicyclic amines) is 1. The molecule has 2 rings (SSSR count). The van der Waals surface area contributed by atoms with Gasteiger partial charge in [-0.1, -0.05) is 0 Å². The molecule has 1 saturated heterocycles. The van der Waals surface area contributed by atoms with Gasteiger partial charge in [0.25, 0.3) is 5.91 Å². The van der Waals surface area contributed by atoms with Crippen molar-refractivity contribution >= 4 is 24.3 Å². The van der Waals surface area contributed by atoms with E-state index in [9.17, 15) is 9.59 Å². The van der Waals surface area contributed by atoms with Crippen molar-refractivity contribution in [2.45, 2.75) is 12.8 Å². The number of piperidine rings is 1. The monoisotopic (exact) mass is 270 g/mol. The highest BCUT2D eigenvalue weighted by Gasteiger charge is 2.27. The number of hydrogen-bond donors (Lipinski definition) is 1. The minimum Gasteiger partial charge on any atom is -0.481 e. The molecule has 6 heteroatoms. The lowest BCUT2D eigenvalue weighted by Gasteiger charge is -2.30. The van der Waals surface area contributed by atoms with Gasteiger partial charge < -0.3 is 10.0 Å². The van der Waals surface area contributed by atoms with Crippen LogP contribution in [0.5, 0.6) is 0 Å². The zero-order valence-electron chi connectivity index (χ0n) is 9.78. The van der Waals surface area contributed by atoms with Gasteiger partial charge in [-0.25, -0.2) is 0 Å². The Morgan fingerprint density at radius 1 is 1.22 bits per heavy atom. The summed E-state index contributed by atoms with van der Waals surface area (Å²) in [5, 5.41) is 8.87. The van der Waals surface area contributed by atoms with Crippen LogP contribution in [0.4, 0.5) is 0 Å². The number of nitrogens with zero attached hydrogens (tertiary/aromatic N) is 2. The van der Waals surface area contributed by atoms with Gasteiger partial charge in [0.1, 0.15) is 0 Å². The summed E-state index contributed by atoms with van der Waals surface area (Å²) in [5.74, 6) is -1.12. The topological polar surface area (TPSA) is 70.5 Å². The molecule has 1 aromatic heterocycles. The quantitative estimate of drug-likeness (QED) is 0.883. The maximum atomic E-state index is 12.0. The van der Waals surface area contributed by atoms with Gasteiger partial charge in [0.15, 0.2) is 0 Å². The van der Waals surface area contributed by atoms with Crippen molar-refractivity contribution < 1.29 is 14.7 Å². The predicted octanol–water partition coefficient (Wildman–Crippen LogP) is 1.44. The Kier molecular flexibility index (Phi) is 5.09. The van der Waals surface area contributed by atoms with Crippen LogP contribution in [-0.4, -0.2) is 40.0 Å². The minimum absolute atomic E-state index is 0. The second-order valence-electron chi connectivity index (χ2n) is 4.14. The van der Waals surface area contributed by atoms with Crippen LogP contribution in [0.3, 0.4) is 0 Å². The van der Waals surface area contributed by atoms with Crippen molar-refractivity contribution in [3.8, 4) is 0 Å². The number of amides is 1.